The van der Waals surface area contributed by atoms with E-state index < -0.39 is 6.09 Å². The van der Waals surface area contributed by atoms with Gasteiger partial charge in [0.15, 0.2) is 0 Å². The van der Waals surface area contributed by atoms with Crippen molar-refractivity contribution in [3.05, 3.63) is 18.2 Å². The van der Waals surface area contributed by atoms with Crippen LogP contribution in [-0.4, -0.2) is 51.4 Å². The first kappa shape index (κ1) is 15.5. The van der Waals surface area contributed by atoms with Crippen molar-refractivity contribution in [1.82, 2.24) is 5.32 Å². The van der Waals surface area contributed by atoms with Crippen LogP contribution in [0.4, 0.5) is 16.2 Å². The lowest BCUT2D eigenvalue weighted by atomic mass is 10.2. The van der Waals surface area contributed by atoms with Gasteiger partial charge in [0.25, 0.3) is 0 Å². The summed E-state index contributed by atoms with van der Waals surface area (Å²) in [5.74, 6) is 0.719. The number of benzene rings is 1. The molecule has 3 rings (SSSR count). The molecule has 0 aliphatic carbocycles. The number of likely N-dealkylation sites (N-methyl/N-ethyl adjacent to an activating group) is 1. The molecule has 2 aliphatic heterocycles. The lowest BCUT2D eigenvalue weighted by molar-refractivity contribution is -0.121. The van der Waals surface area contributed by atoms with Gasteiger partial charge in [-0.05, 0) is 12.1 Å². The van der Waals surface area contributed by atoms with Crippen molar-refractivity contribution in [1.29, 1.82) is 0 Å². The molecule has 0 radical (unpaired) electrons. The summed E-state index contributed by atoms with van der Waals surface area (Å²) in [6.45, 7) is 4.00. The second-order valence-electron chi connectivity index (χ2n) is 5.70. The minimum absolute atomic E-state index is 0.0512. The van der Waals surface area contributed by atoms with Crippen molar-refractivity contribution in [3.8, 4) is 5.75 Å². The van der Waals surface area contributed by atoms with Gasteiger partial charge >= 0.3 is 6.09 Å². The average Bonchev–Trinajstić information content (AvgIpc) is 2.93. The zero-order valence-corrected chi connectivity index (χ0v) is 13.4. The molecule has 124 valence electrons. The number of nitrogens with zero attached hydrogens (tertiary/aromatic N) is 2. The highest BCUT2D eigenvalue weighted by atomic mass is 16.6. The lowest BCUT2D eigenvalue weighted by Gasteiger charge is -2.28. The van der Waals surface area contributed by atoms with E-state index in [-0.39, 0.29) is 12.0 Å². The summed E-state index contributed by atoms with van der Waals surface area (Å²) in [5.41, 5.74) is 1.76. The van der Waals surface area contributed by atoms with Gasteiger partial charge in [-0.15, -0.1) is 0 Å². The highest BCUT2D eigenvalue weighted by Gasteiger charge is 2.33. The summed E-state index contributed by atoms with van der Waals surface area (Å²) in [6, 6.07) is 5.70. The average molecular weight is 319 g/mol. The van der Waals surface area contributed by atoms with Crippen LogP contribution in [0, 0.1) is 0 Å². The molecule has 2 aliphatic rings. The van der Waals surface area contributed by atoms with Crippen LogP contribution in [-0.2, 0) is 9.53 Å². The minimum atomic E-state index is -0.398. The Hall–Kier alpha value is -2.44. The number of ether oxygens (including phenoxy) is 2. The Bertz CT molecular complexity index is 619. The van der Waals surface area contributed by atoms with Crippen LogP contribution >= 0.6 is 0 Å². The van der Waals surface area contributed by atoms with Crippen molar-refractivity contribution in [3.63, 3.8) is 0 Å². The number of hydrogen-bond donors (Lipinski definition) is 1. The second-order valence-corrected chi connectivity index (χ2v) is 5.70. The lowest BCUT2D eigenvalue weighted by Crippen LogP contribution is -2.34. The van der Waals surface area contributed by atoms with E-state index in [1.54, 1.807) is 11.8 Å². The van der Waals surface area contributed by atoms with E-state index >= 15 is 0 Å². The molecule has 2 amide bonds. The Labute approximate surface area is 135 Å². The first-order valence-electron chi connectivity index (χ1n) is 7.81. The summed E-state index contributed by atoms with van der Waals surface area (Å²) < 4.78 is 11.0. The molecule has 1 aromatic rings. The highest BCUT2D eigenvalue weighted by Crippen LogP contribution is 2.35. The Morgan fingerprint density at radius 1 is 1.43 bits per heavy atom. The monoisotopic (exact) mass is 319 g/mol. The number of anilines is 2. The van der Waals surface area contributed by atoms with Crippen LogP contribution in [0.5, 0.6) is 5.75 Å². The van der Waals surface area contributed by atoms with Gasteiger partial charge in [0, 0.05) is 19.5 Å². The fraction of sp³-hybridized carbons (Fsp3) is 0.500. The molecular weight excluding hydrogens is 298 g/mol. The Balaban J connectivity index is 1.70. The maximum Gasteiger partial charge on any atom is 0.414 e. The number of carbonyl (C=O) groups is 2. The quantitative estimate of drug-likeness (QED) is 0.907. The molecule has 0 unspecified atom stereocenters. The van der Waals surface area contributed by atoms with Gasteiger partial charge in [-0.1, -0.05) is 6.92 Å². The van der Waals surface area contributed by atoms with Gasteiger partial charge in [0.1, 0.15) is 18.5 Å². The molecular formula is C16H21N3O4. The number of fused-ring (bicyclic) bond motifs is 1. The molecule has 1 aromatic carbocycles. The summed E-state index contributed by atoms with van der Waals surface area (Å²) in [4.78, 5) is 27.1. The number of cyclic esters (lactones) is 1. The largest absolute Gasteiger partial charge is 0.489 e. The van der Waals surface area contributed by atoms with Crippen LogP contribution in [0.25, 0.3) is 0 Å². The SMILES string of the molecule is CCC(=O)NC[C@H]1CN(c2ccc3c(c2)OCCN3C)C(=O)O1. The summed E-state index contributed by atoms with van der Waals surface area (Å²) >= 11 is 0. The van der Waals surface area contributed by atoms with Gasteiger partial charge in [0.05, 0.1) is 31.0 Å². The summed E-state index contributed by atoms with van der Waals surface area (Å²) in [7, 11) is 2.01. The van der Waals surface area contributed by atoms with E-state index in [2.05, 4.69) is 10.2 Å². The van der Waals surface area contributed by atoms with Crippen LogP contribution in [0.3, 0.4) is 0 Å². The molecule has 0 saturated carbocycles. The molecule has 7 heteroatoms. The van der Waals surface area contributed by atoms with Crippen molar-refractivity contribution in [2.75, 3.05) is 43.1 Å². The molecule has 0 aromatic heterocycles. The number of carbonyl (C=O) groups excluding carboxylic acids is 2. The first-order valence-corrected chi connectivity index (χ1v) is 7.81. The van der Waals surface area contributed by atoms with Gasteiger partial charge in [0.2, 0.25) is 5.91 Å². The standard InChI is InChI=1S/C16H21N3O4/c1-3-15(20)17-9-12-10-19(16(21)23-12)11-4-5-13-14(8-11)22-7-6-18(13)2/h4-5,8,12H,3,6-7,9-10H2,1-2H3,(H,17,20)/t12-/m0/s1. The van der Waals surface area contributed by atoms with Gasteiger partial charge in [-0.2, -0.15) is 0 Å². The maximum absolute atomic E-state index is 12.1. The number of amides is 2. The third-order valence-corrected chi connectivity index (χ3v) is 4.07. The van der Waals surface area contributed by atoms with E-state index in [9.17, 15) is 9.59 Å². The smallest absolute Gasteiger partial charge is 0.414 e. The molecule has 23 heavy (non-hydrogen) atoms. The van der Waals surface area contributed by atoms with Crippen molar-refractivity contribution in [2.45, 2.75) is 19.4 Å². The normalized spacial score (nSPS) is 19.9. The fourth-order valence-electron chi connectivity index (χ4n) is 2.71. The van der Waals surface area contributed by atoms with Gasteiger partial charge < -0.3 is 19.7 Å². The van der Waals surface area contributed by atoms with E-state index in [4.69, 9.17) is 9.47 Å². The number of hydrogen-bond acceptors (Lipinski definition) is 5. The molecule has 0 spiro atoms. The Morgan fingerprint density at radius 3 is 3.04 bits per heavy atom. The van der Waals surface area contributed by atoms with E-state index in [0.29, 0.717) is 26.1 Å². The van der Waals surface area contributed by atoms with Crippen LogP contribution in [0.15, 0.2) is 18.2 Å². The molecule has 1 saturated heterocycles. The molecule has 0 bridgehead atoms. The van der Waals surface area contributed by atoms with Crippen molar-refractivity contribution >= 4 is 23.4 Å². The second kappa shape index (κ2) is 6.36. The highest BCUT2D eigenvalue weighted by molar-refractivity contribution is 5.90. The van der Waals surface area contributed by atoms with E-state index in [1.807, 2.05) is 25.2 Å². The van der Waals surface area contributed by atoms with Crippen molar-refractivity contribution < 1.29 is 19.1 Å². The van der Waals surface area contributed by atoms with Crippen LogP contribution in [0.2, 0.25) is 0 Å². The molecule has 7 nitrogen and oxygen atoms in total. The molecule has 1 N–H and O–H groups in total. The van der Waals surface area contributed by atoms with Gasteiger partial charge in [-0.25, -0.2) is 4.79 Å². The predicted molar refractivity (Wildman–Crippen MR) is 86.1 cm³/mol. The fourth-order valence-corrected chi connectivity index (χ4v) is 2.71. The first-order chi connectivity index (χ1) is 11.1. The molecule has 1 fully saturated rings. The topological polar surface area (TPSA) is 71.1 Å². The number of nitrogens with one attached hydrogen (secondary N) is 1. The molecule has 2 heterocycles. The Kier molecular flexibility index (Phi) is 4.27. The third kappa shape index (κ3) is 3.18. The third-order valence-electron chi connectivity index (χ3n) is 4.07. The van der Waals surface area contributed by atoms with Crippen LogP contribution in [0.1, 0.15) is 13.3 Å². The van der Waals surface area contributed by atoms with Crippen molar-refractivity contribution in [2.24, 2.45) is 0 Å². The summed E-state index contributed by atoms with van der Waals surface area (Å²) in [5, 5.41) is 2.75. The molecule has 1 atom stereocenters. The van der Waals surface area contributed by atoms with Gasteiger partial charge in [-0.3, -0.25) is 9.69 Å². The minimum Gasteiger partial charge on any atom is -0.489 e. The zero-order valence-electron chi connectivity index (χ0n) is 13.4. The zero-order chi connectivity index (χ0) is 16.4. The predicted octanol–water partition coefficient (Wildman–Crippen LogP) is 1.37. The van der Waals surface area contributed by atoms with E-state index in [1.165, 1.54) is 0 Å². The van der Waals surface area contributed by atoms with Crippen LogP contribution < -0.4 is 19.9 Å². The summed E-state index contributed by atoms with van der Waals surface area (Å²) in [6.07, 6.45) is -0.317. The Morgan fingerprint density at radius 2 is 2.26 bits per heavy atom. The van der Waals surface area contributed by atoms with E-state index in [0.717, 1.165) is 23.7 Å². The number of rotatable bonds is 4. The maximum atomic E-state index is 12.1.